The zero-order valence-electron chi connectivity index (χ0n) is 14.8. The Morgan fingerprint density at radius 3 is 2.26 bits per heavy atom. The fourth-order valence-corrected chi connectivity index (χ4v) is 2.64. The molecule has 5 heteroatoms. The predicted octanol–water partition coefficient (Wildman–Crippen LogP) is 4.95. The molecule has 0 fully saturated rings. The third-order valence-corrected chi connectivity index (χ3v) is 4.04. The van der Waals surface area contributed by atoms with Gasteiger partial charge in [-0.3, -0.25) is 9.59 Å². The number of hydrogen-bond donors (Lipinski definition) is 2. The lowest BCUT2D eigenvalue weighted by molar-refractivity contribution is -0.115. The number of ketones is 1. The summed E-state index contributed by atoms with van der Waals surface area (Å²) in [6.07, 6.45) is -0.0233. The molecule has 0 bridgehead atoms. The molecule has 3 aromatic carbocycles. The number of carbonyl (C=O) groups is 2. The van der Waals surface area contributed by atoms with Gasteiger partial charge in [0.1, 0.15) is 5.82 Å². The molecule has 3 rings (SSSR count). The van der Waals surface area contributed by atoms with E-state index in [1.165, 1.54) is 13.0 Å². The highest BCUT2D eigenvalue weighted by Gasteiger charge is 2.08. The van der Waals surface area contributed by atoms with Crippen molar-refractivity contribution in [2.75, 3.05) is 10.6 Å². The first-order chi connectivity index (χ1) is 13.0. The minimum atomic E-state index is -0.389. The smallest absolute Gasteiger partial charge is 0.228 e. The third-order valence-electron chi connectivity index (χ3n) is 4.04. The van der Waals surface area contributed by atoms with E-state index in [-0.39, 0.29) is 23.9 Å². The molecule has 1 amide bonds. The Bertz CT molecular complexity index is 968. The van der Waals surface area contributed by atoms with E-state index in [2.05, 4.69) is 10.6 Å². The first-order valence-corrected chi connectivity index (χ1v) is 8.52. The minimum Gasteiger partial charge on any atom is -0.356 e. The predicted molar refractivity (Wildman–Crippen MR) is 105 cm³/mol. The number of rotatable bonds is 6. The van der Waals surface area contributed by atoms with E-state index in [1.807, 2.05) is 24.3 Å². The fourth-order valence-electron chi connectivity index (χ4n) is 2.64. The zero-order valence-corrected chi connectivity index (χ0v) is 14.8. The summed E-state index contributed by atoms with van der Waals surface area (Å²) in [5, 5.41) is 5.97. The van der Waals surface area contributed by atoms with Crippen LogP contribution in [0.15, 0.2) is 72.8 Å². The van der Waals surface area contributed by atoms with Crippen LogP contribution in [0.1, 0.15) is 22.8 Å². The summed E-state index contributed by atoms with van der Waals surface area (Å²) in [5.41, 5.74) is 3.25. The number of carbonyl (C=O) groups excluding carboxylic acids is 2. The topological polar surface area (TPSA) is 58.2 Å². The Labute approximate surface area is 157 Å². The molecule has 0 aliphatic carbocycles. The van der Waals surface area contributed by atoms with Gasteiger partial charge in [0.05, 0.1) is 6.42 Å². The number of hydrogen-bond acceptors (Lipinski definition) is 3. The SMILES string of the molecule is CC(=O)c1cccc(Nc2ccc(NC(=O)Cc3ccccc3F)cc2)c1. The van der Waals surface area contributed by atoms with Gasteiger partial charge in [0, 0.05) is 22.6 Å². The molecule has 0 unspecified atom stereocenters. The van der Waals surface area contributed by atoms with Crippen LogP contribution < -0.4 is 10.6 Å². The van der Waals surface area contributed by atoms with Gasteiger partial charge in [-0.2, -0.15) is 0 Å². The van der Waals surface area contributed by atoms with Gasteiger partial charge < -0.3 is 10.6 Å². The van der Waals surface area contributed by atoms with Crippen LogP contribution in [-0.4, -0.2) is 11.7 Å². The van der Waals surface area contributed by atoms with E-state index < -0.39 is 0 Å². The van der Waals surface area contributed by atoms with Crippen LogP contribution in [-0.2, 0) is 11.2 Å². The molecule has 0 atom stereocenters. The summed E-state index contributed by atoms with van der Waals surface area (Å²) < 4.78 is 13.6. The van der Waals surface area contributed by atoms with E-state index in [1.54, 1.807) is 42.5 Å². The van der Waals surface area contributed by atoms with E-state index in [9.17, 15) is 14.0 Å². The first-order valence-electron chi connectivity index (χ1n) is 8.52. The minimum absolute atomic E-state index is 0.00608. The number of nitrogens with one attached hydrogen (secondary N) is 2. The Balaban J connectivity index is 1.62. The van der Waals surface area contributed by atoms with Crippen LogP contribution in [0.25, 0.3) is 0 Å². The van der Waals surface area contributed by atoms with Crippen molar-refractivity contribution >= 4 is 28.8 Å². The summed E-state index contributed by atoms with van der Waals surface area (Å²) in [5.74, 6) is -0.665. The van der Waals surface area contributed by atoms with Crippen LogP contribution >= 0.6 is 0 Å². The molecule has 136 valence electrons. The largest absolute Gasteiger partial charge is 0.356 e. The fraction of sp³-hybridized carbons (Fsp3) is 0.0909. The molecule has 0 spiro atoms. The lowest BCUT2D eigenvalue weighted by atomic mass is 10.1. The van der Waals surface area contributed by atoms with Crippen LogP contribution in [0.2, 0.25) is 0 Å². The molecule has 2 N–H and O–H groups in total. The summed E-state index contributed by atoms with van der Waals surface area (Å²) in [4.78, 5) is 23.5. The average Bonchev–Trinajstić information content (AvgIpc) is 2.65. The molecule has 0 aromatic heterocycles. The van der Waals surface area contributed by atoms with Crippen LogP contribution in [0.4, 0.5) is 21.5 Å². The number of anilines is 3. The van der Waals surface area contributed by atoms with Gasteiger partial charge in [0.15, 0.2) is 5.78 Å². The number of halogens is 1. The van der Waals surface area contributed by atoms with Crippen molar-refractivity contribution in [1.82, 2.24) is 0 Å². The highest BCUT2D eigenvalue weighted by Crippen LogP contribution is 2.20. The Morgan fingerprint density at radius 1 is 0.852 bits per heavy atom. The second-order valence-corrected chi connectivity index (χ2v) is 6.16. The summed E-state index contributed by atoms with van der Waals surface area (Å²) >= 11 is 0. The highest BCUT2D eigenvalue weighted by molar-refractivity contribution is 5.95. The lowest BCUT2D eigenvalue weighted by Crippen LogP contribution is -2.15. The second-order valence-electron chi connectivity index (χ2n) is 6.16. The highest BCUT2D eigenvalue weighted by atomic mass is 19.1. The van der Waals surface area contributed by atoms with E-state index in [4.69, 9.17) is 0 Å². The summed E-state index contributed by atoms with van der Waals surface area (Å²) in [7, 11) is 0. The maximum Gasteiger partial charge on any atom is 0.228 e. The molecule has 3 aromatic rings. The molecule has 4 nitrogen and oxygen atoms in total. The van der Waals surface area contributed by atoms with E-state index in [0.717, 1.165) is 11.4 Å². The van der Waals surface area contributed by atoms with Crippen LogP contribution in [0.5, 0.6) is 0 Å². The first kappa shape index (κ1) is 18.3. The van der Waals surface area contributed by atoms with Crippen molar-refractivity contribution < 1.29 is 14.0 Å². The molecule has 0 saturated carbocycles. The Kier molecular flexibility index (Phi) is 5.61. The molecule has 0 heterocycles. The lowest BCUT2D eigenvalue weighted by Gasteiger charge is -2.10. The summed E-state index contributed by atoms with van der Waals surface area (Å²) in [6, 6.07) is 20.6. The normalized spacial score (nSPS) is 10.3. The number of Topliss-reactive ketones (excluding diaryl/α,β-unsaturated/α-hetero) is 1. The van der Waals surface area contributed by atoms with Crippen molar-refractivity contribution in [3.05, 3.63) is 89.7 Å². The van der Waals surface area contributed by atoms with Gasteiger partial charge in [0.2, 0.25) is 5.91 Å². The monoisotopic (exact) mass is 362 g/mol. The number of amides is 1. The van der Waals surface area contributed by atoms with Crippen molar-refractivity contribution in [3.8, 4) is 0 Å². The molecule has 0 aliphatic heterocycles. The molecule has 27 heavy (non-hydrogen) atoms. The van der Waals surface area contributed by atoms with Crippen molar-refractivity contribution in [3.63, 3.8) is 0 Å². The molecule has 0 radical (unpaired) electrons. The second kappa shape index (κ2) is 8.27. The molecule has 0 aliphatic rings. The van der Waals surface area contributed by atoms with Crippen LogP contribution in [0, 0.1) is 5.82 Å². The summed E-state index contributed by atoms with van der Waals surface area (Å²) in [6.45, 7) is 1.53. The van der Waals surface area contributed by atoms with Gasteiger partial charge >= 0.3 is 0 Å². The number of benzene rings is 3. The van der Waals surface area contributed by atoms with Gasteiger partial charge in [-0.15, -0.1) is 0 Å². The van der Waals surface area contributed by atoms with Gasteiger partial charge in [-0.1, -0.05) is 30.3 Å². The van der Waals surface area contributed by atoms with Gasteiger partial charge in [-0.25, -0.2) is 4.39 Å². The molecular formula is C22H19FN2O2. The zero-order chi connectivity index (χ0) is 19.2. The average molecular weight is 362 g/mol. The standard InChI is InChI=1S/C22H19FN2O2/c1-15(26)16-6-4-7-20(13-16)24-18-9-11-19(12-10-18)25-22(27)14-17-5-2-3-8-21(17)23/h2-13,24H,14H2,1H3,(H,25,27). The molecule has 0 saturated heterocycles. The van der Waals surface area contributed by atoms with E-state index in [0.29, 0.717) is 16.8 Å². The van der Waals surface area contributed by atoms with Crippen molar-refractivity contribution in [1.29, 1.82) is 0 Å². The van der Waals surface area contributed by atoms with Gasteiger partial charge in [0.25, 0.3) is 0 Å². The Hall–Kier alpha value is -3.47. The van der Waals surface area contributed by atoms with Gasteiger partial charge in [-0.05, 0) is 55.0 Å². The Morgan fingerprint density at radius 2 is 1.56 bits per heavy atom. The van der Waals surface area contributed by atoms with E-state index >= 15 is 0 Å². The van der Waals surface area contributed by atoms with Crippen molar-refractivity contribution in [2.45, 2.75) is 13.3 Å². The maximum absolute atomic E-state index is 13.6. The quantitative estimate of drug-likeness (QED) is 0.610. The maximum atomic E-state index is 13.6. The molecular weight excluding hydrogens is 343 g/mol. The third kappa shape index (κ3) is 5.01. The van der Waals surface area contributed by atoms with Crippen LogP contribution in [0.3, 0.4) is 0 Å². The van der Waals surface area contributed by atoms with Crippen molar-refractivity contribution in [2.24, 2.45) is 0 Å².